The summed E-state index contributed by atoms with van der Waals surface area (Å²) in [5, 5.41) is 4.93. The molecule has 0 aliphatic heterocycles. The van der Waals surface area contributed by atoms with Crippen LogP contribution in [0.1, 0.15) is 19.8 Å². The number of hydrogen-bond donors (Lipinski definition) is 0. The molecule has 0 bridgehead atoms. The largest absolute Gasteiger partial charge is 0.493 e. The van der Waals surface area contributed by atoms with Crippen molar-refractivity contribution in [1.82, 2.24) is 0 Å². The number of fused-ring (bicyclic) bond motifs is 2. The van der Waals surface area contributed by atoms with Crippen molar-refractivity contribution in [2.45, 2.75) is 19.8 Å². The van der Waals surface area contributed by atoms with E-state index in [2.05, 4.69) is 54.6 Å². The summed E-state index contributed by atoms with van der Waals surface area (Å²) in [5.41, 5.74) is 0. The van der Waals surface area contributed by atoms with Crippen LogP contribution in [0.3, 0.4) is 0 Å². The fraction of sp³-hybridized carbons (Fsp3) is 0.300. The number of ether oxygens (including phenoxy) is 2. The van der Waals surface area contributed by atoms with Crippen LogP contribution in [0.25, 0.3) is 21.5 Å². The SMILES string of the molecule is CCOCCCCOc1cccc2cc3ccccc3cc12. The van der Waals surface area contributed by atoms with E-state index in [1.165, 1.54) is 21.5 Å². The highest BCUT2D eigenvalue weighted by molar-refractivity contribution is 6.00. The average molecular weight is 294 g/mol. The van der Waals surface area contributed by atoms with Crippen molar-refractivity contribution >= 4 is 21.5 Å². The Morgan fingerprint density at radius 2 is 1.50 bits per heavy atom. The van der Waals surface area contributed by atoms with Gasteiger partial charge in [-0.25, -0.2) is 0 Å². The van der Waals surface area contributed by atoms with Gasteiger partial charge in [0.1, 0.15) is 5.75 Å². The molecule has 0 atom stereocenters. The molecular weight excluding hydrogens is 272 g/mol. The molecule has 3 aromatic rings. The second-order valence-electron chi connectivity index (χ2n) is 5.43. The molecule has 0 aromatic heterocycles. The third kappa shape index (κ3) is 3.40. The molecule has 0 aliphatic rings. The molecule has 2 nitrogen and oxygen atoms in total. The summed E-state index contributed by atoms with van der Waals surface area (Å²) in [6.45, 7) is 4.37. The fourth-order valence-electron chi connectivity index (χ4n) is 2.70. The zero-order valence-electron chi connectivity index (χ0n) is 13.0. The molecule has 114 valence electrons. The second kappa shape index (κ2) is 7.28. The molecule has 0 unspecified atom stereocenters. The molecule has 2 heteroatoms. The third-order valence-electron chi connectivity index (χ3n) is 3.85. The Morgan fingerprint density at radius 3 is 2.32 bits per heavy atom. The van der Waals surface area contributed by atoms with Gasteiger partial charge in [0.25, 0.3) is 0 Å². The molecular formula is C20H22O2. The molecule has 0 aliphatic carbocycles. The maximum Gasteiger partial charge on any atom is 0.127 e. The van der Waals surface area contributed by atoms with Gasteiger partial charge in [-0.3, -0.25) is 0 Å². The first-order valence-corrected chi connectivity index (χ1v) is 8.00. The first-order chi connectivity index (χ1) is 10.9. The number of unbranched alkanes of at least 4 members (excludes halogenated alkanes) is 1. The van der Waals surface area contributed by atoms with Gasteiger partial charge in [0.2, 0.25) is 0 Å². The maximum atomic E-state index is 5.99. The Bertz CT molecular complexity index is 749. The molecule has 0 saturated heterocycles. The van der Waals surface area contributed by atoms with Crippen molar-refractivity contribution in [2.75, 3.05) is 19.8 Å². The quantitative estimate of drug-likeness (QED) is 0.441. The van der Waals surface area contributed by atoms with Crippen LogP contribution in [0.2, 0.25) is 0 Å². The summed E-state index contributed by atoms with van der Waals surface area (Å²) in [6, 6.07) is 19.2. The predicted octanol–water partition coefficient (Wildman–Crippen LogP) is 5.19. The van der Waals surface area contributed by atoms with Crippen LogP contribution in [0.4, 0.5) is 0 Å². The normalized spacial score (nSPS) is 11.1. The molecule has 0 spiro atoms. The lowest BCUT2D eigenvalue weighted by atomic mass is 10.0. The van der Waals surface area contributed by atoms with E-state index in [1.807, 2.05) is 6.92 Å². The molecule has 0 N–H and O–H groups in total. The van der Waals surface area contributed by atoms with Crippen LogP contribution >= 0.6 is 0 Å². The van der Waals surface area contributed by atoms with E-state index in [0.29, 0.717) is 0 Å². The zero-order valence-corrected chi connectivity index (χ0v) is 13.0. The van der Waals surface area contributed by atoms with E-state index in [9.17, 15) is 0 Å². The Balaban J connectivity index is 1.76. The maximum absolute atomic E-state index is 5.99. The Labute approximate surface area is 131 Å². The van der Waals surface area contributed by atoms with E-state index in [0.717, 1.165) is 38.4 Å². The summed E-state index contributed by atoms with van der Waals surface area (Å²) in [7, 11) is 0. The van der Waals surface area contributed by atoms with Gasteiger partial charge in [-0.05, 0) is 54.1 Å². The lowest BCUT2D eigenvalue weighted by molar-refractivity contribution is 0.139. The molecule has 0 amide bonds. The van der Waals surface area contributed by atoms with Crippen LogP contribution in [0, 0.1) is 0 Å². The second-order valence-corrected chi connectivity index (χ2v) is 5.43. The minimum absolute atomic E-state index is 0.735. The summed E-state index contributed by atoms with van der Waals surface area (Å²) in [5.74, 6) is 0.972. The number of hydrogen-bond acceptors (Lipinski definition) is 2. The first-order valence-electron chi connectivity index (χ1n) is 8.00. The first kappa shape index (κ1) is 14.9. The van der Waals surface area contributed by atoms with Gasteiger partial charge < -0.3 is 9.47 Å². The topological polar surface area (TPSA) is 18.5 Å². The molecule has 0 radical (unpaired) electrons. The highest BCUT2D eigenvalue weighted by atomic mass is 16.5. The third-order valence-corrected chi connectivity index (χ3v) is 3.85. The molecule has 0 fully saturated rings. The molecule has 0 saturated carbocycles. The van der Waals surface area contributed by atoms with Crippen molar-refractivity contribution < 1.29 is 9.47 Å². The highest BCUT2D eigenvalue weighted by Crippen LogP contribution is 2.30. The Kier molecular flexibility index (Phi) is 4.92. The van der Waals surface area contributed by atoms with Crippen LogP contribution in [0.5, 0.6) is 5.75 Å². The van der Waals surface area contributed by atoms with Crippen molar-refractivity contribution in [2.24, 2.45) is 0 Å². The number of rotatable bonds is 7. The fourth-order valence-corrected chi connectivity index (χ4v) is 2.70. The summed E-state index contributed by atoms with van der Waals surface area (Å²) in [6.07, 6.45) is 2.06. The van der Waals surface area contributed by atoms with Crippen molar-refractivity contribution in [3.05, 3.63) is 54.6 Å². The van der Waals surface area contributed by atoms with Crippen molar-refractivity contribution in [3.63, 3.8) is 0 Å². The van der Waals surface area contributed by atoms with Gasteiger partial charge in [0.05, 0.1) is 6.61 Å². The van der Waals surface area contributed by atoms with Gasteiger partial charge in [-0.1, -0.05) is 36.4 Å². The van der Waals surface area contributed by atoms with Gasteiger partial charge in [-0.15, -0.1) is 0 Å². The highest BCUT2D eigenvalue weighted by Gasteiger charge is 2.04. The van der Waals surface area contributed by atoms with E-state index in [4.69, 9.17) is 9.47 Å². The van der Waals surface area contributed by atoms with Gasteiger partial charge >= 0.3 is 0 Å². The molecule has 22 heavy (non-hydrogen) atoms. The number of benzene rings is 3. The molecule has 3 rings (SSSR count). The average Bonchev–Trinajstić information content (AvgIpc) is 2.56. The summed E-state index contributed by atoms with van der Waals surface area (Å²) >= 11 is 0. The standard InChI is InChI=1S/C20H22O2/c1-2-21-12-5-6-13-22-20-11-7-10-18-14-16-8-3-4-9-17(16)15-19(18)20/h3-4,7-11,14-15H,2,5-6,12-13H2,1H3. The lowest BCUT2D eigenvalue weighted by Crippen LogP contribution is -2.01. The Morgan fingerprint density at radius 1 is 0.773 bits per heavy atom. The minimum Gasteiger partial charge on any atom is -0.493 e. The lowest BCUT2D eigenvalue weighted by Gasteiger charge is -2.10. The van der Waals surface area contributed by atoms with E-state index in [1.54, 1.807) is 0 Å². The van der Waals surface area contributed by atoms with Crippen LogP contribution in [-0.2, 0) is 4.74 Å². The van der Waals surface area contributed by atoms with Gasteiger partial charge in [-0.2, -0.15) is 0 Å². The van der Waals surface area contributed by atoms with Crippen molar-refractivity contribution in [3.8, 4) is 5.75 Å². The zero-order chi connectivity index (χ0) is 15.2. The van der Waals surface area contributed by atoms with Crippen molar-refractivity contribution in [1.29, 1.82) is 0 Å². The van der Waals surface area contributed by atoms with E-state index < -0.39 is 0 Å². The molecule has 3 aromatic carbocycles. The smallest absolute Gasteiger partial charge is 0.127 e. The minimum atomic E-state index is 0.735. The van der Waals surface area contributed by atoms with Crippen LogP contribution in [0.15, 0.2) is 54.6 Å². The summed E-state index contributed by atoms with van der Waals surface area (Å²) < 4.78 is 11.3. The van der Waals surface area contributed by atoms with Crippen LogP contribution < -0.4 is 4.74 Å². The summed E-state index contributed by atoms with van der Waals surface area (Å²) in [4.78, 5) is 0. The molecule has 0 heterocycles. The van der Waals surface area contributed by atoms with E-state index >= 15 is 0 Å². The Hall–Kier alpha value is -2.06. The van der Waals surface area contributed by atoms with Gasteiger partial charge in [0, 0.05) is 18.6 Å². The predicted molar refractivity (Wildman–Crippen MR) is 92.7 cm³/mol. The van der Waals surface area contributed by atoms with E-state index in [-0.39, 0.29) is 0 Å². The monoisotopic (exact) mass is 294 g/mol. The van der Waals surface area contributed by atoms with Gasteiger partial charge in [0.15, 0.2) is 0 Å². The van der Waals surface area contributed by atoms with Crippen LogP contribution in [-0.4, -0.2) is 19.8 Å².